The van der Waals surface area contributed by atoms with E-state index in [4.69, 9.17) is 0 Å². The van der Waals surface area contributed by atoms with Crippen molar-refractivity contribution in [3.05, 3.63) is 83.7 Å². The fourth-order valence-corrected chi connectivity index (χ4v) is 3.34. The lowest BCUT2D eigenvalue weighted by Gasteiger charge is -2.04. The Labute approximate surface area is 134 Å². The topological polar surface area (TPSA) is 17.1 Å². The van der Waals surface area contributed by atoms with Gasteiger partial charge < -0.3 is 0 Å². The normalized spacial score (nSPS) is 19.7. The van der Waals surface area contributed by atoms with E-state index in [2.05, 4.69) is 24.3 Å². The van der Waals surface area contributed by atoms with Crippen molar-refractivity contribution in [2.45, 2.75) is 18.8 Å². The lowest BCUT2D eigenvalue weighted by Crippen LogP contribution is -2.06. The Bertz CT molecular complexity index is 884. The van der Waals surface area contributed by atoms with E-state index in [-0.39, 0.29) is 23.4 Å². The first kappa shape index (κ1) is 14.1. The molecule has 0 saturated heterocycles. The van der Waals surface area contributed by atoms with Gasteiger partial charge in [-0.05, 0) is 46.4 Å². The molecule has 114 valence electrons. The lowest BCUT2D eigenvalue weighted by atomic mass is 10.00. The monoisotopic (exact) mass is 304 g/mol. The van der Waals surface area contributed by atoms with Gasteiger partial charge in [0, 0.05) is 12.3 Å². The highest BCUT2D eigenvalue weighted by atomic mass is 19.1. The molecule has 1 fully saturated rings. The van der Waals surface area contributed by atoms with Crippen molar-refractivity contribution in [2.24, 2.45) is 5.92 Å². The molecule has 0 heterocycles. The molecule has 3 aromatic carbocycles. The third-order valence-electron chi connectivity index (χ3n) is 4.67. The summed E-state index contributed by atoms with van der Waals surface area (Å²) in [5.41, 5.74) is 2.00. The minimum absolute atomic E-state index is 0.0447. The summed E-state index contributed by atoms with van der Waals surface area (Å²) in [4.78, 5) is 12.5. The summed E-state index contributed by atoms with van der Waals surface area (Å²) in [7, 11) is 0. The Morgan fingerprint density at radius 3 is 2.61 bits per heavy atom. The summed E-state index contributed by atoms with van der Waals surface area (Å²) in [6.07, 6.45) is 1.30. The Balaban J connectivity index is 1.48. The van der Waals surface area contributed by atoms with Crippen molar-refractivity contribution in [1.82, 2.24) is 0 Å². The first-order valence-electron chi connectivity index (χ1n) is 7.96. The highest BCUT2D eigenvalue weighted by Gasteiger charge is 2.43. The number of rotatable bonds is 4. The zero-order valence-corrected chi connectivity index (χ0v) is 12.7. The third kappa shape index (κ3) is 2.89. The van der Waals surface area contributed by atoms with Crippen LogP contribution in [-0.2, 0) is 11.2 Å². The van der Waals surface area contributed by atoms with Gasteiger partial charge in [-0.15, -0.1) is 0 Å². The van der Waals surface area contributed by atoms with E-state index in [1.165, 1.54) is 11.5 Å². The second kappa shape index (κ2) is 5.62. The van der Waals surface area contributed by atoms with Crippen LogP contribution in [-0.4, -0.2) is 5.78 Å². The average Bonchev–Trinajstić information content (AvgIpc) is 3.35. The molecule has 2 heteroatoms. The van der Waals surface area contributed by atoms with Crippen molar-refractivity contribution >= 4 is 16.6 Å². The molecule has 1 aliphatic carbocycles. The van der Waals surface area contributed by atoms with Gasteiger partial charge in [0.15, 0.2) is 0 Å². The van der Waals surface area contributed by atoms with Gasteiger partial charge in [-0.2, -0.15) is 0 Å². The van der Waals surface area contributed by atoms with E-state index in [0.717, 1.165) is 22.9 Å². The number of carbonyl (C=O) groups excluding carboxylic acids is 1. The number of Topliss-reactive ketones (excluding diaryl/α,β-unsaturated/α-hetero) is 1. The van der Waals surface area contributed by atoms with Gasteiger partial charge in [-0.3, -0.25) is 4.79 Å². The fraction of sp³-hybridized carbons (Fsp3) is 0.190. The molecule has 1 aliphatic rings. The molecule has 3 aromatic rings. The quantitative estimate of drug-likeness (QED) is 0.670. The number of carbonyl (C=O) groups is 1. The second-order valence-electron chi connectivity index (χ2n) is 6.33. The predicted molar refractivity (Wildman–Crippen MR) is 89.9 cm³/mol. The van der Waals surface area contributed by atoms with Gasteiger partial charge >= 0.3 is 0 Å². The highest BCUT2D eigenvalue weighted by molar-refractivity contribution is 5.89. The van der Waals surface area contributed by atoms with E-state index in [9.17, 15) is 9.18 Å². The molecule has 0 N–H and O–H groups in total. The van der Waals surface area contributed by atoms with Crippen LogP contribution in [0.25, 0.3) is 10.8 Å². The van der Waals surface area contributed by atoms with Crippen LogP contribution in [0.3, 0.4) is 0 Å². The molecule has 0 aliphatic heterocycles. The molecule has 1 nitrogen and oxygen atoms in total. The van der Waals surface area contributed by atoms with Crippen LogP contribution in [0.5, 0.6) is 0 Å². The van der Waals surface area contributed by atoms with Gasteiger partial charge in [0.05, 0.1) is 0 Å². The third-order valence-corrected chi connectivity index (χ3v) is 4.67. The van der Waals surface area contributed by atoms with E-state index in [1.54, 1.807) is 12.1 Å². The summed E-state index contributed by atoms with van der Waals surface area (Å²) in [5.74, 6) is 0.270. The maximum atomic E-state index is 13.3. The fourth-order valence-electron chi connectivity index (χ4n) is 3.34. The standard InChI is InChI=1S/C21H17FO/c22-18-7-3-6-17(12-18)19-13-20(19)21(23)11-14-8-9-15-4-1-2-5-16(15)10-14/h1-10,12,19-20H,11,13H2. The summed E-state index contributed by atoms with van der Waals surface area (Å²) in [6.45, 7) is 0. The molecule has 2 atom stereocenters. The van der Waals surface area contributed by atoms with Crippen molar-refractivity contribution in [3.63, 3.8) is 0 Å². The van der Waals surface area contributed by atoms with Crippen molar-refractivity contribution in [2.75, 3.05) is 0 Å². The smallest absolute Gasteiger partial charge is 0.140 e. The Hall–Kier alpha value is -2.48. The van der Waals surface area contributed by atoms with Crippen LogP contribution in [0.15, 0.2) is 66.7 Å². The molecule has 4 rings (SSSR count). The maximum Gasteiger partial charge on any atom is 0.140 e. The zero-order valence-electron chi connectivity index (χ0n) is 12.7. The second-order valence-corrected chi connectivity index (χ2v) is 6.33. The number of benzene rings is 3. The van der Waals surface area contributed by atoms with Crippen molar-refractivity contribution in [3.8, 4) is 0 Å². The van der Waals surface area contributed by atoms with Gasteiger partial charge in [0.1, 0.15) is 11.6 Å². The number of hydrogen-bond donors (Lipinski definition) is 0. The molecule has 0 aromatic heterocycles. The molecule has 0 bridgehead atoms. The van der Waals surface area contributed by atoms with Crippen LogP contribution in [0.4, 0.5) is 4.39 Å². The molecule has 0 spiro atoms. The van der Waals surface area contributed by atoms with Crippen LogP contribution in [0.1, 0.15) is 23.5 Å². The Morgan fingerprint density at radius 2 is 1.78 bits per heavy atom. The largest absolute Gasteiger partial charge is 0.299 e. The average molecular weight is 304 g/mol. The number of halogens is 1. The molecule has 23 heavy (non-hydrogen) atoms. The first-order chi connectivity index (χ1) is 11.2. The Kier molecular flexibility index (Phi) is 3.45. The lowest BCUT2D eigenvalue weighted by molar-refractivity contribution is -0.119. The highest BCUT2D eigenvalue weighted by Crippen LogP contribution is 2.48. The van der Waals surface area contributed by atoms with Gasteiger partial charge in [0.2, 0.25) is 0 Å². The van der Waals surface area contributed by atoms with Gasteiger partial charge in [0.25, 0.3) is 0 Å². The van der Waals surface area contributed by atoms with Crippen molar-refractivity contribution in [1.29, 1.82) is 0 Å². The SMILES string of the molecule is O=C(Cc1ccc2ccccc2c1)C1CC1c1cccc(F)c1. The minimum atomic E-state index is -0.227. The summed E-state index contributed by atoms with van der Waals surface area (Å²) >= 11 is 0. The zero-order chi connectivity index (χ0) is 15.8. The Morgan fingerprint density at radius 1 is 0.957 bits per heavy atom. The number of fused-ring (bicyclic) bond motifs is 1. The van der Waals surface area contributed by atoms with Crippen molar-refractivity contribution < 1.29 is 9.18 Å². The van der Waals surface area contributed by atoms with Crippen LogP contribution in [0.2, 0.25) is 0 Å². The predicted octanol–water partition coefficient (Wildman–Crippen LogP) is 4.89. The molecular weight excluding hydrogens is 287 g/mol. The van der Waals surface area contributed by atoms with Crippen LogP contribution in [0, 0.1) is 11.7 Å². The minimum Gasteiger partial charge on any atom is -0.299 e. The van der Waals surface area contributed by atoms with E-state index in [0.29, 0.717) is 6.42 Å². The van der Waals surface area contributed by atoms with E-state index < -0.39 is 0 Å². The van der Waals surface area contributed by atoms with Crippen LogP contribution >= 0.6 is 0 Å². The molecule has 2 unspecified atom stereocenters. The van der Waals surface area contributed by atoms with Crippen LogP contribution < -0.4 is 0 Å². The molecule has 0 amide bonds. The summed E-state index contributed by atoms with van der Waals surface area (Å²) < 4.78 is 13.3. The van der Waals surface area contributed by atoms with Gasteiger partial charge in [-0.25, -0.2) is 4.39 Å². The number of hydrogen-bond acceptors (Lipinski definition) is 1. The van der Waals surface area contributed by atoms with E-state index in [1.807, 2.05) is 24.3 Å². The molecular formula is C21H17FO. The van der Waals surface area contributed by atoms with E-state index >= 15 is 0 Å². The summed E-state index contributed by atoms with van der Waals surface area (Å²) in [6, 6.07) is 21.0. The summed E-state index contributed by atoms with van der Waals surface area (Å²) in [5, 5.41) is 2.35. The number of ketones is 1. The molecule has 0 radical (unpaired) electrons. The van der Waals surface area contributed by atoms with Gasteiger partial charge in [-0.1, -0.05) is 54.6 Å². The first-order valence-corrected chi connectivity index (χ1v) is 7.96. The maximum absolute atomic E-state index is 13.3. The molecule has 1 saturated carbocycles.